The minimum absolute atomic E-state index is 0.104. The van der Waals surface area contributed by atoms with E-state index in [0.717, 1.165) is 6.42 Å². The third-order valence-corrected chi connectivity index (χ3v) is 3.16. The van der Waals surface area contributed by atoms with Crippen LogP contribution in [0.25, 0.3) is 10.9 Å². The number of aromatic nitrogens is 1. The van der Waals surface area contributed by atoms with Gasteiger partial charge in [0, 0.05) is 11.1 Å². The number of para-hydroxylation sites is 1. The van der Waals surface area contributed by atoms with Crippen LogP contribution in [-0.4, -0.2) is 16.1 Å². The lowest BCUT2D eigenvalue weighted by molar-refractivity contribution is 0.0699. The molecule has 0 saturated carbocycles. The van der Waals surface area contributed by atoms with Crippen LogP contribution in [-0.2, 0) is 0 Å². The molecule has 1 aromatic heterocycles. The topological polar surface area (TPSA) is 50.2 Å². The summed E-state index contributed by atoms with van der Waals surface area (Å²) in [6, 6.07) is 5.91. The smallest absolute Gasteiger partial charge is 0.336 e. The molecule has 1 aromatic carbocycles. The third kappa shape index (κ3) is 2.06. The summed E-state index contributed by atoms with van der Waals surface area (Å²) in [4.78, 5) is 15.5. The van der Waals surface area contributed by atoms with Crippen molar-refractivity contribution in [3.63, 3.8) is 0 Å². The van der Waals surface area contributed by atoms with Crippen LogP contribution < -0.4 is 0 Å². The maximum absolute atomic E-state index is 13.7. The molecule has 0 aliphatic carbocycles. The highest BCUT2D eigenvalue weighted by atomic mass is 19.1. The van der Waals surface area contributed by atoms with Gasteiger partial charge in [0.1, 0.15) is 11.3 Å². The standard InChI is InChI=1S/C14H14FNO2/c1-3-8(2)12-7-10(14(17)18)9-5-4-6-11(15)13(9)16-12/h4-8H,3H2,1-2H3,(H,17,18). The zero-order valence-electron chi connectivity index (χ0n) is 10.3. The Bertz CT molecular complexity index is 610. The van der Waals surface area contributed by atoms with E-state index in [1.54, 1.807) is 6.07 Å². The first-order valence-corrected chi connectivity index (χ1v) is 5.87. The molecule has 0 bridgehead atoms. The van der Waals surface area contributed by atoms with Gasteiger partial charge < -0.3 is 5.11 Å². The highest BCUT2D eigenvalue weighted by molar-refractivity contribution is 6.02. The van der Waals surface area contributed by atoms with E-state index in [-0.39, 0.29) is 17.0 Å². The van der Waals surface area contributed by atoms with E-state index in [2.05, 4.69) is 4.98 Å². The Morgan fingerprint density at radius 1 is 1.50 bits per heavy atom. The van der Waals surface area contributed by atoms with Crippen LogP contribution in [0.4, 0.5) is 4.39 Å². The van der Waals surface area contributed by atoms with Crippen LogP contribution in [0, 0.1) is 5.82 Å². The zero-order chi connectivity index (χ0) is 13.3. The fourth-order valence-electron chi connectivity index (χ4n) is 1.87. The molecule has 0 spiro atoms. The van der Waals surface area contributed by atoms with Gasteiger partial charge in [-0.3, -0.25) is 0 Å². The second-order valence-electron chi connectivity index (χ2n) is 4.35. The lowest BCUT2D eigenvalue weighted by Gasteiger charge is -2.11. The largest absolute Gasteiger partial charge is 0.478 e. The molecule has 0 amide bonds. The maximum atomic E-state index is 13.7. The Kier molecular flexibility index (Phi) is 3.28. The molecule has 0 saturated heterocycles. The highest BCUT2D eigenvalue weighted by Gasteiger charge is 2.16. The minimum Gasteiger partial charge on any atom is -0.478 e. The number of halogens is 1. The molecule has 1 heterocycles. The van der Waals surface area contributed by atoms with Crippen LogP contribution in [0.5, 0.6) is 0 Å². The number of hydrogen-bond acceptors (Lipinski definition) is 2. The number of pyridine rings is 1. The number of carboxylic acid groups (broad SMARTS) is 1. The summed E-state index contributed by atoms with van der Waals surface area (Å²) in [7, 11) is 0. The molecule has 0 fully saturated rings. The van der Waals surface area contributed by atoms with Gasteiger partial charge >= 0.3 is 5.97 Å². The summed E-state index contributed by atoms with van der Waals surface area (Å²) in [5.74, 6) is -1.44. The fraction of sp³-hybridized carbons (Fsp3) is 0.286. The van der Waals surface area contributed by atoms with Crippen LogP contribution in [0.2, 0.25) is 0 Å². The molecule has 4 heteroatoms. The molecular weight excluding hydrogens is 233 g/mol. The molecule has 1 N–H and O–H groups in total. The van der Waals surface area contributed by atoms with Gasteiger partial charge in [-0.15, -0.1) is 0 Å². The van der Waals surface area contributed by atoms with Crippen molar-refractivity contribution < 1.29 is 14.3 Å². The van der Waals surface area contributed by atoms with E-state index >= 15 is 0 Å². The van der Waals surface area contributed by atoms with Crippen molar-refractivity contribution in [1.82, 2.24) is 4.98 Å². The average molecular weight is 247 g/mol. The maximum Gasteiger partial charge on any atom is 0.336 e. The summed E-state index contributed by atoms with van der Waals surface area (Å²) >= 11 is 0. The Labute approximate surface area is 104 Å². The van der Waals surface area contributed by atoms with Crippen molar-refractivity contribution in [3.8, 4) is 0 Å². The Hall–Kier alpha value is -1.97. The second kappa shape index (κ2) is 4.72. The van der Waals surface area contributed by atoms with E-state index in [1.165, 1.54) is 18.2 Å². The minimum atomic E-state index is -1.06. The van der Waals surface area contributed by atoms with Crippen molar-refractivity contribution in [2.45, 2.75) is 26.2 Å². The SMILES string of the molecule is CCC(C)c1cc(C(=O)O)c2cccc(F)c2n1. The molecule has 0 aliphatic heterocycles. The van der Waals surface area contributed by atoms with Crippen LogP contribution >= 0.6 is 0 Å². The van der Waals surface area contributed by atoms with Gasteiger partial charge in [0.15, 0.2) is 0 Å². The van der Waals surface area contributed by atoms with Gasteiger partial charge in [-0.05, 0) is 24.5 Å². The molecule has 1 atom stereocenters. The van der Waals surface area contributed by atoms with E-state index in [1.807, 2.05) is 13.8 Å². The third-order valence-electron chi connectivity index (χ3n) is 3.16. The number of carboxylic acids is 1. The highest BCUT2D eigenvalue weighted by Crippen LogP contribution is 2.25. The molecule has 1 unspecified atom stereocenters. The van der Waals surface area contributed by atoms with E-state index in [9.17, 15) is 14.3 Å². The van der Waals surface area contributed by atoms with Crippen LogP contribution in [0.1, 0.15) is 42.2 Å². The van der Waals surface area contributed by atoms with E-state index in [4.69, 9.17) is 0 Å². The number of benzene rings is 1. The van der Waals surface area contributed by atoms with Crippen LogP contribution in [0.15, 0.2) is 24.3 Å². The van der Waals surface area contributed by atoms with E-state index < -0.39 is 11.8 Å². The quantitative estimate of drug-likeness (QED) is 0.901. The Morgan fingerprint density at radius 2 is 2.22 bits per heavy atom. The van der Waals surface area contributed by atoms with Crippen molar-refractivity contribution in [2.24, 2.45) is 0 Å². The Morgan fingerprint density at radius 3 is 2.83 bits per heavy atom. The monoisotopic (exact) mass is 247 g/mol. The number of nitrogens with zero attached hydrogens (tertiary/aromatic N) is 1. The summed E-state index contributed by atoms with van der Waals surface area (Å²) in [6.07, 6.45) is 0.825. The molecule has 0 radical (unpaired) electrons. The average Bonchev–Trinajstić information content (AvgIpc) is 2.37. The van der Waals surface area contributed by atoms with Crippen molar-refractivity contribution >= 4 is 16.9 Å². The molecule has 94 valence electrons. The number of carbonyl (C=O) groups is 1. The summed E-state index contributed by atoms with van der Waals surface area (Å²) in [6.45, 7) is 3.93. The van der Waals surface area contributed by atoms with Gasteiger partial charge in [-0.1, -0.05) is 26.0 Å². The number of hydrogen-bond donors (Lipinski definition) is 1. The molecule has 3 nitrogen and oxygen atoms in total. The molecule has 2 rings (SSSR count). The first kappa shape index (κ1) is 12.5. The number of fused-ring (bicyclic) bond motifs is 1. The first-order chi connectivity index (χ1) is 8.54. The molecule has 0 aliphatic rings. The van der Waals surface area contributed by atoms with E-state index in [0.29, 0.717) is 11.1 Å². The summed E-state index contributed by atoms with van der Waals surface area (Å²) < 4.78 is 13.7. The van der Waals surface area contributed by atoms with Crippen molar-refractivity contribution in [3.05, 3.63) is 41.3 Å². The normalized spacial score (nSPS) is 12.6. The molecule has 2 aromatic rings. The van der Waals surface area contributed by atoms with Gasteiger partial charge in [0.2, 0.25) is 0 Å². The lowest BCUT2D eigenvalue weighted by atomic mass is 10.00. The number of rotatable bonds is 3. The summed E-state index contributed by atoms with van der Waals surface area (Å²) in [5, 5.41) is 9.54. The van der Waals surface area contributed by atoms with Crippen LogP contribution in [0.3, 0.4) is 0 Å². The molecule has 18 heavy (non-hydrogen) atoms. The van der Waals surface area contributed by atoms with Gasteiger partial charge in [0.25, 0.3) is 0 Å². The Balaban J connectivity index is 2.79. The first-order valence-electron chi connectivity index (χ1n) is 5.87. The van der Waals surface area contributed by atoms with Crippen molar-refractivity contribution in [2.75, 3.05) is 0 Å². The zero-order valence-corrected chi connectivity index (χ0v) is 10.3. The number of aromatic carboxylic acids is 1. The summed E-state index contributed by atoms with van der Waals surface area (Å²) in [5.41, 5.74) is 0.856. The van der Waals surface area contributed by atoms with Gasteiger partial charge in [-0.2, -0.15) is 0 Å². The van der Waals surface area contributed by atoms with Crippen molar-refractivity contribution in [1.29, 1.82) is 0 Å². The second-order valence-corrected chi connectivity index (χ2v) is 4.35. The molecular formula is C14H14FNO2. The predicted molar refractivity (Wildman–Crippen MR) is 67.4 cm³/mol. The predicted octanol–water partition coefficient (Wildman–Crippen LogP) is 3.59. The lowest BCUT2D eigenvalue weighted by Crippen LogP contribution is -2.05. The fourth-order valence-corrected chi connectivity index (χ4v) is 1.87. The van der Waals surface area contributed by atoms with Gasteiger partial charge in [0.05, 0.1) is 5.56 Å². The van der Waals surface area contributed by atoms with Gasteiger partial charge in [-0.25, -0.2) is 14.2 Å².